The Morgan fingerprint density at radius 2 is 1.95 bits per heavy atom. The first-order valence-corrected chi connectivity index (χ1v) is 7.86. The fourth-order valence-electron chi connectivity index (χ4n) is 3.54. The van der Waals surface area contributed by atoms with Gasteiger partial charge in [-0.15, -0.1) is 0 Å². The predicted molar refractivity (Wildman–Crippen MR) is 78.4 cm³/mol. The molecule has 0 bridgehead atoms. The van der Waals surface area contributed by atoms with E-state index < -0.39 is 0 Å². The maximum Gasteiger partial charge on any atom is 0.123 e. The monoisotopic (exact) mass is 277 g/mol. The SMILES string of the molecule is NCC1(c2cc(F)ccc2OCC2CCC2)CCCC1. The molecule has 0 atom stereocenters. The highest BCUT2D eigenvalue weighted by molar-refractivity contribution is 5.41. The Balaban J connectivity index is 1.84. The Labute approximate surface area is 120 Å². The molecule has 0 aliphatic heterocycles. The Hall–Kier alpha value is -1.09. The van der Waals surface area contributed by atoms with Crippen molar-refractivity contribution in [3.05, 3.63) is 29.6 Å². The second kappa shape index (κ2) is 5.72. The third-order valence-corrected chi connectivity index (χ3v) is 5.16. The van der Waals surface area contributed by atoms with Gasteiger partial charge in [-0.05, 0) is 49.8 Å². The molecule has 2 aliphatic carbocycles. The molecule has 0 radical (unpaired) electrons. The van der Waals surface area contributed by atoms with Crippen molar-refractivity contribution in [2.45, 2.75) is 50.4 Å². The number of hydrogen-bond donors (Lipinski definition) is 1. The van der Waals surface area contributed by atoms with Crippen LogP contribution in [-0.2, 0) is 5.41 Å². The zero-order valence-electron chi connectivity index (χ0n) is 12.0. The lowest BCUT2D eigenvalue weighted by Crippen LogP contribution is -2.33. The van der Waals surface area contributed by atoms with Crippen LogP contribution in [0.25, 0.3) is 0 Å². The van der Waals surface area contributed by atoms with E-state index in [9.17, 15) is 4.39 Å². The zero-order valence-corrected chi connectivity index (χ0v) is 12.0. The van der Waals surface area contributed by atoms with Gasteiger partial charge in [-0.1, -0.05) is 19.3 Å². The fourth-order valence-corrected chi connectivity index (χ4v) is 3.54. The van der Waals surface area contributed by atoms with Crippen LogP contribution < -0.4 is 10.5 Å². The van der Waals surface area contributed by atoms with Crippen LogP contribution in [0.5, 0.6) is 5.75 Å². The van der Waals surface area contributed by atoms with E-state index in [-0.39, 0.29) is 11.2 Å². The summed E-state index contributed by atoms with van der Waals surface area (Å²) in [6, 6.07) is 4.94. The summed E-state index contributed by atoms with van der Waals surface area (Å²) in [5.41, 5.74) is 6.96. The van der Waals surface area contributed by atoms with E-state index >= 15 is 0 Å². The van der Waals surface area contributed by atoms with Gasteiger partial charge in [-0.25, -0.2) is 4.39 Å². The highest BCUT2D eigenvalue weighted by Gasteiger charge is 2.37. The summed E-state index contributed by atoms with van der Waals surface area (Å²) < 4.78 is 19.7. The fraction of sp³-hybridized carbons (Fsp3) is 0.647. The van der Waals surface area contributed by atoms with E-state index in [4.69, 9.17) is 10.5 Å². The molecule has 0 amide bonds. The van der Waals surface area contributed by atoms with Crippen LogP contribution in [0.3, 0.4) is 0 Å². The van der Waals surface area contributed by atoms with Crippen LogP contribution in [-0.4, -0.2) is 13.2 Å². The molecule has 2 fully saturated rings. The molecule has 1 aromatic rings. The van der Waals surface area contributed by atoms with Gasteiger partial charge in [0.15, 0.2) is 0 Å². The highest BCUT2D eigenvalue weighted by atomic mass is 19.1. The highest BCUT2D eigenvalue weighted by Crippen LogP contribution is 2.44. The zero-order chi connectivity index (χ0) is 14.0. The first kappa shape index (κ1) is 13.9. The molecular weight excluding hydrogens is 253 g/mol. The van der Waals surface area contributed by atoms with Gasteiger partial charge in [0, 0.05) is 17.5 Å². The van der Waals surface area contributed by atoms with Crippen LogP contribution in [0.1, 0.15) is 50.5 Å². The van der Waals surface area contributed by atoms with Crippen LogP contribution in [0.4, 0.5) is 4.39 Å². The molecular formula is C17H24FNO. The van der Waals surface area contributed by atoms with Crippen molar-refractivity contribution >= 4 is 0 Å². The number of halogens is 1. The molecule has 2 aliphatic rings. The van der Waals surface area contributed by atoms with Crippen molar-refractivity contribution in [3.63, 3.8) is 0 Å². The quantitative estimate of drug-likeness (QED) is 0.889. The first-order valence-electron chi connectivity index (χ1n) is 7.86. The van der Waals surface area contributed by atoms with E-state index in [0.717, 1.165) is 30.8 Å². The smallest absolute Gasteiger partial charge is 0.123 e. The lowest BCUT2D eigenvalue weighted by atomic mass is 9.78. The summed E-state index contributed by atoms with van der Waals surface area (Å²) >= 11 is 0. The van der Waals surface area contributed by atoms with Gasteiger partial charge in [0.05, 0.1) is 6.61 Å². The van der Waals surface area contributed by atoms with E-state index in [1.807, 2.05) is 0 Å². The van der Waals surface area contributed by atoms with Crippen LogP contribution in [0.15, 0.2) is 18.2 Å². The second-order valence-electron chi connectivity index (χ2n) is 6.44. The third kappa shape index (κ3) is 2.56. The van der Waals surface area contributed by atoms with Crippen molar-refractivity contribution in [2.75, 3.05) is 13.2 Å². The molecule has 0 unspecified atom stereocenters. The van der Waals surface area contributed by atoms with Gasteiger partial charge in [-0.2, -0.15) is 0 Å². The van der Waals surface area contributed by atoms with E-state index in [1.54, 1.807) is 12.1 Å². The minimum Gasteiger partial charge on any atom is -0.493 e. The number of ether oxygens (including phenoxy) is 1. The van der Waals surface area contributed by atoms with Crippen molar-refractivity contribution < 1.29 is 9.13 Å². The average Bonchev–Trinajstić information content (AvgIpc) is 2.88. The van der Waals surface area contributed by atoms with Gasteiger partial charge < -0.3 is 10.5 Å². The van der Waals surface area contributed by atoms with Gasteiger partial charge >= 0.3 is 0 Å². The largest absolute Gasteiger partial charge is 0.493 e. The Bertz CT molecular complexity index is 464. The lowest BCUT2D eigenvalue weighted by Gasteiger charge is -2.31. The second-order valence-corrected chi connectivity index (χ2v) is 6.44. The van der Waals surface area contributed by atoms with Gasteiger partial charge in [0.1, 0.15) is 11.6 Å². The minimum atomic E-state index is -0.185. The van der Waals surface area contributed by atoms with Crippen molar-refractivity contribution in [1.29, 1.82) is 0 Å². The summed E-state index contributed by atoms with van der Waals surface area (Å²) in [7, 11) is 0. The molecule has 3 heteroatoms. The standard InChI is InChI=1S/C17H24FNO/c18-14-6-7-16(20-11-13-4-3-5-13)15(10-14)17(12-19)8-1-2-9-17/h6-7,10,13H,1-5,8-9,11-12,19H2. The molecule has 20 heavy (non-hydrogen) atoms. The molecule has 1 aromatic carbocycles. The number of nitrogens with two attached hydrogens (primary N) is 1. The number of hydrogen-bond acceptors (Lipinski definition) is 2. The van der Waals surface area contributed by atoms with E-state index in [0.29, 0.717) is 12.5 Å². The average molecular weight is 277 g/mol. The molecule has 0 saturated heterocycles. The Kier molecular flexibility index (Phi) is 3.97. The van der Waals surface area contributed by atoms with Crippen LogP contribution in [0.2, 0.25) is 0 Å². The van der Waals surface area contributed by atoms with Crippen molar-refractivity contribution in [1.82, 2.24) is 0 Å². The molecule has 2 N–H and O–H groups in total. The molecule has 2 nitrogen and oxygen atoms in total. The molecule has 0 aromatic heterocycles. The summed E-state index contributed by atoms with van der Waals surface area (Å²) in [5.74, 6) is 1.35. The van der Waals surface area contributed by atoms with Gasteiger partial charge in [-0.3, -0.25) is 0 Å². The Morgan fingerprint density at radius 1 is 1.20 bits per heavy atom. The number of rotatable bonds is 5. The maximum atomic E-state index is 13.7. The molecule has 110 valence electrons. The third-order valence-electron chi connectivity index (χ3n) is 5.16. The first-order chi connectivity index (χ1) is 9.73. The van der Waals surface area contributed by atoms with Crippen molar-refractivity contribution in [2.24, 2.45) is 11.7 Å². The molecule has 0 spiro atoms. The maximum absolute atomic E-state index is 13.7. The summed E-state index contributed by atoms with van der Waals surface area (Å²) in [6.45, 7) is 1.34. The number of benzene rings is 1. The molecule has 0 heterocycles. The Morgan fingerprint density at radius 3 is 2.55 bits per heavy atom. The van der Waals surface area contributed by atoms with E-state index in [1.165, 1.54) is 38.2 Å². The minimum absolute atomic E-state index is 0.0724. The van der Waals surface area contributed by atoms with E-state index in [2.05, 4.69) is 0 Å². The predicted octanol–water partition coefficient (Wildman–Crippen LogP) is 3.78. The summed E-state index contributed by atoms with van der Waals surface area (Å²) in [6.07, 6.45) is 8.29. The van der Waals surface area contributed by atoms with Crippen LogP contribution in [0, 0.1) is 11.7 Å². The van der Waals surface area contributed by atoms with Gasteiger partial charge in [0.25, 0.3) is 0 Å². The topological polar surface area (TPSA) is 35.2 Å². The van der Waals surface area contributed by atoms with Crippen molar-refractivity contribution in [3.8, 4) is 5.75 Å². The molecule has 2 saturated carbocycles. The summed E-state index contributed by atoms with van der Waals surface area (Å²) in [5, 5.41) is 0. The van der Waals surface area contributed by atoms with Crippen LogP contribution >= 0.6 is 0 Å². The van der Waals surface area contributed by atoms with Gasteiger partial charge in [0.2, 0.25) is 0 Å². The molecule has 3 rings (SSSR count). The summed E-state index contributed by atoms with van der Waals surface area (Å²) in [4.78, 5) is 0. The lowest BCUT2D eigenvalue weighted by molar-refractivity contribution is 0.177. The normalized spacial score (nSPS) is 21.7.